The number of rotatable bonds is 14. The van der Waals surface area contributed by atoms with Gasteiger partial charge in [0, 0.05) is 19.2 Å². The molecule has 1 aromatic carbocycles. The summed E-state index contributed by atoms with van der Waals surface area (Å²) in [6, 6.07) is 8.09. The molecule has 0 saturated heterocycles. The van der Waals surface area contributed by atoms with E-state index >= 15 is 0 Å². The molecular weight excluding hydrogens is 388 g/mol. The van der Waals surface area contributed by atoms with Crippen LogP contribution >= 0.6 is 0 Å². The lowest BCUT2D eigenvalue weighted by molar-refractivity contribution is -0.0875. The van der Waals surface area contributed by atoms with Crippen molar-refractivity contribution in [1.29, 1.82) is 0 Å². The van der Waals surface area contributed by atoms with E-state index in [2.05, 4.69) is 37.5 Å². The maximum atomic E-state index is 6.36. The number of unbranched alkanes of at least 4 members (excludes halogenated alkanes) is 6. The highest BCUT2D eigenvalue weighted by molar-refractivity contribution is 5.33. The second kappa shape index (κ2) is 15.5. The van der Waals surface area contributed by atoms with E-state index in [1.807, 2.05) is 24.3 Å². The average Bonchev–Trinajstić information content (AvgIpc) is 2.78. The average molecular weight is 435 g/mol. The van der Waals surface area contributed by atoms with Crippen LogP contribution in [0.15, 0.2) is 24.3 Å². The molecule has 31 heavy (non-hydrogen) atoms. The normalized spacial score (nSPS) is 19.3. The van der Waals surface area contributed by atoms with Crippen molar-refractivity contribution in [2.45, 2.75) is 91.5 Å². The van der Waals surface area contributed by atoms with Crippen LogP contribution in [0.1, 0.15) is 79.1 Å². The summed E-state index contributed by atoms with van der Waals surface area (Å²) in [5.74, 6) is 1.70. The van der Waals surface area contributed by atoms with Gasteiger partial charge in [-0.1, -0.05) is 72.3 Å². The molecule has 2 atom stereocenters. The van der Waals surface area contributed by atoms with Crippen LogP contribution in [0, 0.1) is 0 Å². The van der Waals surface area contributed by atoms with Crippen molar-refractivity contribution < 1.29 is 14.2 Å². The third-order valence-electron chi connectivity index (χ3n) is 6.10. The standard InChI is InChI=1S/C26H46N2O3/c1-5-9-11-13-18-27(7-3)25-21-29-22-26(28(8-4)19-14-12-10-6-2)31-24-17-15-16-23(20-24)30-25/h15-17,20,25-26H,5-14,18-19,21-22H2,1-4H3. The molecule has 0 aliphatic carbocycles. The maximum absolute atomic E-state index is 6.36. The third-order valence-corrected chi connectivity index (χ3v) is 6.10. The number of hydrogen-bond donors (Lipinski definition) is 0. The quantitative estimate of drug-likeness (QED) is 0.339. The molecule has 0 radical (unpaired) electrons. The topological polar surface area (TPSA) is 34.2 Å². The van der Waals surface area contributed by atoms with Gasteiger partial charge in [-0.3, -0.25) is 9.80 Å². The van der Waals surface area contributed by atoms with Crippen LogP contribution in [-0.2, 0) is 4.74 Å². The minimum atomic E-state index is -0.0692. The minimum absolute atomic E-state index is 0.0692. The Hall–Kier alpha value is -1.30. The summed E-state index contributed by atoms with van der Waals surface area (Å²) in [5.41, 5.74) is 0. The second-order valence-corrected chi connectivity index (χ2v) is 8.54. The largest absolute Gasteiger partial charge is 0.473 e. The van der Waals surface area contributed by atoms with Crippen molar-refractivity contribution in [1.82, 2.24) is 9.80 Å². The van der Waals surface area contributed by atoms with Crippen LogP contribution in [0.3, 0.4) is 0 Å². The van der Waals surface area contributed by atoms with Crippen LogP contribution in [0.2, 0.25) is 0 Å². The molecule has 5 nitrogen and oxygen atoms in total. The lowest BCUT2D eigenvalue weighted by atomic mass is 10.2. The molecule has 0 amide bonds. The van der Waals surface area contributed by atoms with Gasteiger partial charge in [-0.25, -0.2) is 0 Å². The van der Waals surface area contributed by atoms with Gasteiger partial charge in [0.15, 0.2) is 12.5 Å². The van der Waals surface area contributed by atoms with E-state index in [0.717, 1.165) is 37.7 Å². The van der Waals surface area contributed by atoms with Crippen LogP contribution in [0.4, 0.5) is 0 Å². The smallest absolute Gasteiger partial charge is 0.176 e. The molecule has 178 valence electrons. The van der Waals surface area contributed by atoms with E-state index in [4.69, 9.17) is 14.2 Å². The third kappa shape index (κ3) is 9.38. The number of nitrogens with zero attached hydrogens (tertiary/aromatic N) is 2. The van der Waals surface area contributed by atoms with Crippen LogP contribution in [0.25, 0.3) is 0 Å². The van der Waals surface area contributed by atoms with Crippen molar-refractivity contribution in [3.05, 3.63) is 24.3 Å². The molecule has 1 aliphatic rings. The highest BCUT2D eigenvalue weighted by atomic mass is 16.6. The molecule has 2 rings (SSSR count). The zero-order valence-electron chi connectivity index (χ0n) is 20.5. The van der Waals surface area contributed by atoms with Gasteiger partial charge in [0.25, 0.3) is 0 Å². The minimum Gasteiger partial charge on any atom is -0.473 e. The van der Waals surface area contributed by atoms with E-state index < -0.39 is 0 Å². The fourth-order valence-electron chi connectivity index (χ4n) is 4.13. The maximum Gasteiger partial charge on any atom is 0.176 e. The number of ether oxygens (including phenoxy) is 3. The van der Waals surface area contributed by atoms with Crippen LogP contribution in [0.5, 0.6) is 11.5 Å². The molecular formula is C26H46N2O3. The molecule has 0 aromatic heterocycles. The molecule has 1 aromatic rings. The van der Waals surface area contributed by atoms with Crippen molar-refractivity contribution in [3.63, 3.8) is 0 Å². The van der Waals surface area contributed by atoms with Gasteiger partial charge in [0.2, 0.25) is 0 Å². The first-order valence-electron chi connectivity index (χ1n) is 12.7. The molecule has 0 N–H and O–H groups in total. The predicted octanol–water partition coefficient (Wildman–Crippen LogP) is 5.93. The highest BCUT2D eigenvalue weighted by Crippen LogP contribution is 2.24. The molecule has 1 heterocycles. The van der Waals surface area contributed by atoms with Gasteiger partial charge in [-0.05, 0) is 38.1 Å². The molecule has 0 saturated carbocycles. The molecule has 0 fully saturated rings. The lowest BCUT2D eigenvalue weighted by Crippen LogP contribution is -2.47. The Morgan fingerprint density at radius 3 is 1.61 bits per heavy atom. The van der Waals surface area contributed by atoms with E-state index in [0.29, 0.717) is 13.2 Å². The lowest BCUT2D eigenvalue weighted by Gasteiger charge is -2.35. The molecule has 2 bridgehead atoms. The Bertz CT molecular complexity index is 538. The number of fused-ring (bicyclic) bond motifs is 2. The summed E-state index contributed by atoms with van der Waals surface area (Å²) in [7, 11) is 0. The second-order valence-electron chi connectivity index (χ2n) is 8.54. The Balaban J connectivity index is 2.06. The Kier molecular flexibility index (Phi) is 13.0. The molecule has 5 heteroatoms. The first-order valence-corrected chi connectivity index (χ1v) is 12.7. The molecule has 0 spiro atoms. The highest BCUT2D eigenvalue weighted by Gasteiger charge is 2.24. The van der Waals surface area contributed by atoms with E-state index in [1.165, 1.54) is 51.4 Å². The first-order chi connectivity index (χ1) is 15.2. The summed E-state index contributed by atoms with van der Waals surface area (Å²) in [5, 5.41) is 0. The van der Waals surface area contributed by atoms with E-state index in [1.54, 1.807) is 0 Å². The van der Waals surface area contributed by atoms with Gasteiger partial charge in [-0.2, -0.15) is 0 Å². The summed E-state index contributed by atoms with van der Waals surface area (Å²) in [6.45, 7) is 14.0. The fourth-order valence-corrected chi connectivity index (χ4v) is 4.13. The first kappa shape index (κ1) is 26.0. The van der Waals surface area contributed by atoms with E-state index in [9.17, 15) is 0 Å². The predicted molar refractivity (Wildman–Crippen MR) is 129 cm³/mol. The summed E-state index contributed by atoms with van der Waals surface area (Å²) in [6.07, 6.45) is 9.93. The van der Waals surface area contributed by atoms with E-state index in [-0.39, 0.29) is 12.5 Å². The van der Waals surface area contributed by atoms with Crippen molar-refractivity contribution in [2.24, 2.45) is 0 Å². The zero-order chi connectivity index (χ0) is 22.3. The Morgan fingerprint density at radius 2 is 1.19 bits per heavy atom. The van der Waals surface area contributed by atoms with Gasteiger partial charge in [0.05, 0.1) is 13.2 Å². The summed E-state index contributed by atoms with van der Waals surface area (Å²) < 4.78 is 18.9. The summed E-state index contributed by atoms with van der Waals surface area (Å²) in [4.78, 5) is 4.81. The summed E-state index contributed by atoms with van der Waals surface area (Å²) >= 11 is 0. The number of likely N-dealkylation sites (N-methyl/N-ethyl adjacent to an activating group) is 2. The van der Waals surface area contributed by atoms with Crippen molar-refractivity contribution >= 4 is 0 Å². The van der Waals surface area contributed by atoms with Crippen molar-refractivity contribution in [3.8, 4) is 11.5 Å². The number of benzene rings is 1. The van der Waals surface area contributed by atoms with Gasteiger partial charge in [-0.15, -0.1) is 0 Å². The SMILES string of the molecule is CCCCCCN(CC)C1COCC(N(CC)CCCCCC)Oc2cccc(c2)O1. The number of hydrogen-bond acceptors (Lipinski definition) is 5. The van der Waals surface area contributed by atoms with Crippen LogP contribution < -0.4 is 9.47 Å². The molecule has 2 unspecified atom stereocenters. The monoisotopic (exact) mass is 434 g/mol. The van der Waals surface area contributed by atoms with Crippen molar-refractivity contribution in [2.75, 3.05) is 39.4 Å². The van der Waals surface area contributed by atoms with Gasteiger partial charge in [0.1, 0.15) is 11.5 Å². The fraction of sp³-hybridized carbons (Fsp3) is 0.769. The molecule has 1 aliphatic heterocycles. The van der Waals surface area contributed by atoms with Gasteiger partial charge >= 0.3 is 0 Å². The Labute approximate surface area is 191 Å². The Morgan fingerprint density at radius 1 is 0.710 bits per heavy atom. The van der Waals surface area contributed by atoms with Gasteiger partial charge < -0.3 is 14.2 Å². The van der Waals surface area contributed by atoms with Crippen LogP contribution in [-0.4, -0.2) is 61.6 Å². The zero-order valence-corrected chi connectivity index (χ0v) is 20.5.